The molecule has 26 heavy (non-hydrogen) atoms. The Balaban J connectivity index is 1.94. The number of thioether (sulfide) groups is 1. The minimum atomic E-state index is -0.791. The van der Waals surface area contributed by atoms with Crippen LogP contribution in [0.25, 0.3) is 0 Å². The fraction of sp³-hybridized carbons (Fsp3) is 0.353. The molecule has 138 valence electrons. The number of aliphatic imine (C=N–C) groups is 1. The number of aromatic nitrogens is 2. The number of aromatic amines is 1. The normalized spacial score (nSPS) is 19.9. The molecule has 2 heterocycles. The molecular weight excluding hydrogens is 357 g/mol. The van der Waals surface area contributed by atoms with Gasteiger partial charge in [-0.05, 0) is 38.5 Å². The average Bonchev–Trinajstić information content (AvgIpc) is 2.81. The summed E-state index contributed by atoms with van der Waals surface area (Å²) in [6, 6.07) is 4.29. The molecule has 3 rings (SSSR count). The molecule has 4 N–H and O–H groups in total. The Bertz CT molecular complexity index is 965. The molecule has 1 unspecified atom stereocenters. The van der Waals surface area contributed by atoms with Crippen LogP contribution in [0.5, 0.6) is 0 Å². The number of halogens is 1. The Morgan fingerprint density at radius 1 is 1.50 bits per heavy atom. The first-order chi connectivity index (χ1) is 12.2. The number of hydrogen-bond acceptors (Lipinski definition) is 5. The Hall–Kier alpha value is -2.55. The zero-order chi connectivity index (χ0) is 19.1. The van der Waals surface area contributed by atoms with E-state index in [4.69, 9.17) is 5.73 Å². The van der Waals surface area contributed by atoms with E-state index >= 15 is 0 Å². The number of benzene rings is 1. The summed E-state index contributed by atoms with van der Waals surface area (Å²) >= 11 is 1.43. The van der Waals surface area contributed by atoms with Gasteiger partial charge < -0.3 is 11.1 Å². The molecule has 2 aromatic rings. The van der Waals surface area contributed by atoms with E-state index in [0.717, 1.165) is 5.75 Å². The van der Waals surface area contributed by atoms with Gasteiger partial charge in [-0.1, -0.05) is 11.8 Å². The Kier molecular flexibility index (Phi) is 4.66. The molecule has 0 radical (unpaired) electrons. The van der Waals surface area contributed by atoms with Gasteiger partial charge in [-0.15, -0.1) is 0 Å². The van der Waals surface area contributed by atoms with E-state index in [-0.39, 0.29) is 5.56 Å². The summed E-state index contributed by atoms with van der Waals surface area (Å²) < 4.78 is 15.7. The van der Waals surface area contributed by atoms with E-state index in [0.29, 0.717) is 28.5 Å². The fourth-order valence-corrected chi connectivity index (χ4v) is 4.02. The molecule has 0 saturated carbocycles. The van der Waals surface area contributed by atoms with Crippen LogP contribution in [0.4, 0.5) is 10.1 Å². The summed E-state index contributed by atoms with van der Waals surface area (Å²) in [5.74, 6) is -0.225. The molecule has 1 aromatic heterocycles. The number of rotatable bonds is 3. The van der Waals surface area contributed by atoms with Crippen molar-refractivity contribution in [1.82, 2.24) is 9.78 Å². The quantitative estimate of drug-likeness (QED) is 0.761. The van der Waals surface area contributed by atoms with E-state index < -0.39 is 22.8 Å². The number of amidine groups is 1. The first-order valence-corrected chi connectivity index (χ1v) is 9.05. The minimum Gasteiger partial charge on any atom is -0.379 e. The summed E-state index contributed by atoms with van der Waals surface area (Å²) in [7, 11) is 1.53. The van der Waals surface area contributed by atoms with E-state index in [2.05, 4.69) is 15.4 Å². The first-order valence-electron chi connectivity index (χ1n) is 8.06. The maximum absolute atomic E-state index is 14.4. The smallest absolute Gasteiger partial charge is 0.279 e. The topological polar surface area (TPSA) is 105 Å². The second kappa shape index (κ2) is 6.64. The lowest BCUT2D eigenvalue weighted by molar-refractivity contribution is 0.102. The fourth-order valence-electron chi connectivity index (χ4n) is 3.04. The monoisotopic (exact) mass is 377 g/mol. The molecule has 1 atom stereocenters. The van der Waals surface area contributed by atoms with Crippen LogP contribution in [0.3, 0.4) is 0 Å². The van der Waals surface area contributed by atoms with Crippen LogP contribution in [0.2, 0.25) is 0 Å². The second-order valence-corrected chi connectivity index (χ2v) is 7.56. The van der Waals surface area contributed by atoms with E-state index in [1.165, 1.54) is 35.6 Å². The number of carbonyl (C=O) groups excluding carboxylic acids is 1. The third kappa shape index (κ3) is 3.26. The highest BCUT2D eigenvalue weighted by Crippen LogP contribution is 2.37. The number of nitrogens with one attached hydrogen (secondary N) is 2. The largest absolute Gasteiger partial charge is 0.379 e. The van der Waals surface area contributed by atoms with Crippen LogP contribution < -0.4 is 16.6 Å². The lowest BCUT2D eigenvalue weighted by Crippen LogP contribution is -2.30. The number of H-pyrrole nitrogens is 1. The van der Waals surface area contributed by atoms with Gasteiger partial charge in [0.25, 0.3) is 11.5 Å². The number of nitrogens with two attached hydrogens (primary N) is 1. The molecule has 0 saturated heterocycles. The van der Waals surface area contributed by atoms with Gasteiger partial charge in [-0.25, -0.2) is 4.39 Å². The minimum absolute atomic E-state index is 0.0286. The molecule has 0 spiro atoms. The van der Waals surface area contributed by atoms with Crippen molar-refractivity contribution in [2.45, 2.75) is 25.8 Å². The Labute approximate surface area is 153 Å². The third-order valence-corrected chi connectivity index (χ3v) is 5.25. The molecule has 1 aromatic carbocycles. The number of nitrogens with zero attached hydrogens (tertiary/aromatic N) is 2. The number of carbonyl (C=O) groups is 1. The van der Waals surface area contributed by atoms with Crippen molar-refractivity contribution in [1.29, 1.82) is 0 Å². The van der Waals surface area contributed by atoms with Gasteiger partial charge in [0.1, 0.15) is 11.4 Å². The van der Waals surface area contributed by atoms with Crippen molar-refractivity contribution >= 4 is 28.5 Å². The number of aryl methyl sites for hydroxylation is 2. The lowest BCUT2D eigenvalue weighted by atomic mass is 9.89. The molecule has 9 heteroatoms. The zero-order valence-electron chi connectivity index (χ0n) is 14.7. The molecule has 0 aliphatic carbocycles. The van der Waals surface area contributed by atoms with E-state index in [1.54, 1.807) is 13.0 Å². The predicted molar refractivity (Wildman–Crippen MR) is 101 cm³/mol. The predicted octanol–water partition coefficient (Wildman–Crippen LogP) is 2.08. The molecule has 0 fully saturated rings. The highest BCUT2D eigenvalue weighted by atomic mass is 32.2. The van der Waals surface area contributed by atoms with Gasteiger partial charge in [0, 0.05) is 29.7 Å². The highest BCUT2D eigenvalue weighted by Gasteiger charge is 2.32. The van der Waals surface area contributed by atoms with Gasteiger partial charge in [-0.3, -0.25) is 24.4 Å². The second-order valence-electron chi connectivity index (χ2n) is 6.45. The van der Waals surface area contributed by atoms with Crippen molar-refractivity contribution in [2.24, 2.45) is 17.8 Å². The van der Waals surface area contributed by atoms with Crippen LogP contribution in [-0.2, 0) is 12.6 Å². The SMILES string of the molecule is Cc1[nH]n(C)c(=O)c1C(=O)Nc1ccc(F)c(C2(C)CCSC(N)=N2)c1. The van der Waals surface area contributed by atoms with Crippen LogP contribution >= 0.6 is 11.8 Å². The van der Waals surface area contributed by atoms with E-state index in [1.807, 2.05) is 6.92 Å². The van der Waals surface area contributed by atoms with Crippen LogP contribution in [0.1, 0.15) is 35.0 Å². The summed E-state index contributed by atoms with van der Waals surface area (Å²) in [6.45, 7) is 3.46. The summed E-state index contributed by atoms with van der Waals surface area (Å²) in [5, 5.41) is 5.86. The van der Waals surface area contributed by atoms with Gasteiger partial charge in [0.15, 0.2) is 5.17 Å². The number of hydrogen-bond donors (Lipinski definition) is 3. The molecule has 7 nitrogen and oxygen atoms in total. The first kappa shape index (κ1) is 18.2. The Morgan fingerprint density at radius 3 is 2.85 bits per heavy atom. The summed E-state index contributed by atoms with van der Waals surface area (Å²) in [4.78, 5) is 28.9. The molecule has 1 amide bonds. The highest BCUT2D eigenvalue weighted by molar-refractivity contribution is 8.13. The maximum atomic E-state index is 14.4. The van der Waals surface area contributed by atoms with Crippen LogP contribution in [0.15, 0.2) is 28.0 Å². The van der Waals surface area contributed by atoms with Crippen molar-refractivity contribution in [3.05, 3.63) is 51.2 Å². The Morgan fingerprint density at radius 2 is 2.23 bits per heavy atom. The van der Waals surface area contributed by atoms with Crippen molar-refractivity contribution in [2.75, 3.05) is 11.1 Å². The molecule has 0 bridgehead atoms. The van der Waals surface area contributed by atoms with Crippen molar-refractivity contribution in [3.63, 3.8) is 0 Å². The molecular formula is C17H20FN5O2S. The number of anilines is 1. The standard InChI is InChI=1S/C17H20FN5O2S/c1-9-13(15(25)23(3)22-9)14(24)20-10-4-5-12(18)11(8-10)17(2)6-7-26-16(19)21-17/h4-5,8,22H,6-7H2,1-3H3,(H2,19,21)(H,20,24). The molecule has 1 aliphatic heterocycles. The van der Waals surface area contributed by atoms with Gasteiger partial charge >= 0.3 is 0 Å². The van der Waals surface area contributed by atoms with Gasteiger partial charge in [-0.2, -0.15) is 0 Å². The van der Waals surface area contributed by atoms with Crippen molar-refractivity contribution in [3.8, 4) is 0 Å². The summed E-state index contributed by atoms with van der Waals surface area (Å²) in [6.07, 6.45) is 0.629. The van der Waals surface area contributed by atoms with Crippen LogP contribution in [0, 0.1) is 12.7 Å². The molecule has 1 aliphatic rings. The van der Waals surface area contributed by atoms with Crippen molar-refractivity contribution < 1.29 is 9.18 Å². The zero-order valence-corrected chi connectivity index (χ0v) is 15.5. The summed E-state index contributed by atoms with van der Waals surface area (Å²) in [5.41, 5.74) is 5.84. The maximum Gasteiger partial charge on any atom is 0.279 e. The lowest BCUT2D eigenvalue weighted by Gasteiger charge is -2.30. The van der Waals surface area contributed by atoms with Gasteiger partial charge in [0.05, 0.1) is 5.54 Å². The van der Waals surface area contributed by atoms with Gasteiger partial charge in [0.2, 0.25) is 0 Å². The number of amides is 1. The van der Waals surface area contributed by atoms with E-state index in [9.17, 15) is 14.0 Å². The average molecular weight is 377 g/mol. The van der Waals surface area contributed by atoms with Crippen LogP contribution in [-0.4, -0.2) is 26.6 Å². The third-order valence-electron chi connectivity index (χ3n) is 4.46.